The number of ether oxygens (including phenoxy) is 1. The molecule has 2 aromatic rings. The summed E-state index contributed by atoms with van der Waals surface area (Å²) in [5.74, 6) is -0.828. The molecule has 1 heterocycles. The molecule has 0 spiro atoms. The van der Waals surface area contributed by atoms with E-state index < -0.39 is 17.9 Å². The summed E-state index contributed by atoms with van der Waals surface area (Å²) in [5, 5.41) is 9.78. The number of rotatable bonds is 6. The molecule has 1 N–H and O–H groups in total. The Morgan fingerprint density at radius 2 is 1.96 bits per heavy atom. The van der Waals surface area contributed by atoms with Crippen LogP contribution in [0.4, 0.5) is 0 Å². The number of aliphatic carboxylic acids is 1. The van der Waals surface area contributed by atoms with Crippen molar-refractivity contribution in [1.82, 2.24) is 4.90 Å². The monoisotopic (exact) mass is 433 g/mol. The normalized spacial score (nSPS) is 16.5. The second-order valence-electron chi connectivity index (χ2n) is 6.02. The van der Waals surface area contributed by atoms with Gasteiger partial charge in [-0.2, -0.15) is 0 Å². The summed E-state index contributed by atoms with van der Waals surface area (Å²) in [7, 11) is 0. The van der Waals surface area contributed by atoms with Crippen molar-refractivity contribution in [2.45, 2.75) is 19.6 Å². The molecular formula is C20H16ClNO4S2. The van der Waals surface area contributed by atoms with Crippen molar-refractivity contribution in [2.24, 2.45) is 0 Å². The summed E-state index contributed by atoms with van der Waals surface area (Å²) < 4.78 is 5.98. The molecular weight excluding hydrogens is 418 g/mol. The molecule has 0 aliphatic carbocycles. The highest BCUT2D eigenvalue weighted by molar-refractivity contribution is 8.26. The molecule has 0 aromatic heterocycles. The summed E-state index contributed by atoms with van der Waals surface area (Å²) in [5.41, 5.74) is 1.68. The number of hydrogen-bond acceptors (Lipinski definition) is 5. The predicted octanol–water partition coefficient (Wildman–Crippen LogP) is 4.59. The maximum absolute atomic E-state index is 12.5. The molecule has 8 heteroatoms. The number of hydrogen-bond donors (Lipinski definition) is 1. The first-order chi connectivity index (χ1) is 13.4. The van der Waals surface area contributed by atoms with E-state index in [9.17, 15) is 9.59 Å². The van der Waals surface area contributed by atoms with Crippen LogP contribution in [0.3, 0.4) is 0 Å². The molecule has 1 amide bonds. The Morgan fingerprint density at radius 1 is 1.29 bits per heavy atom. The average molecular weight is 434 g/mol. The quantitative estimate of drug-likeness (QED) is 0.530. The second kappa shape index (κ2) is 8.77. The van der Waals surface area contributed by atoms with Gasteiger partial charge in [0.1, 0.15) is 22.7 Å². The summed E-state index contributed by atoms with van der Waals surface area (Å²) in [6.07, 6.45) is 1.69. The number of carbonyl (C=O) groups is 2. The lowest BCUT2D eigenvalue weighted by Crippen LogP contribution is -2.41. The van der Waals surface area contributed by atoms with Gasteiger partial charge in [0.05, 0.1) is 4.91 Å². The molecule has 1 fully saturated rings. The number of halogens is 1. The van der Waals surface area contributed by atoms with Gasteiger partial charge < -0.3 is 9.84 Å². The van der Waals surface area contributed by atoms with Crippen LogP contribution in [0.25, 0.3) is 6.08 Å². The molecule has 0 bridgehead atoms. The zero-order valence-electron chi connectivity index (χ0n) is 14.8. The first kappa shape index (κ1) is 20.4. The van der Waals surface area contributed by atoms with Crippen LogP contribution in [-0.2, 0) is 16.2 Å². The fourth-order valence-corrected chi connectivity index (χ4v) is 4.12. The minimum atomic E-state index is -1.10. The summed E-state index contributed by atoms with van der Waals surface area (Å²) in [6, 6.07) is 13.7. The van der Waals surface area contributed by atoms with Gasteiger partial charge in [-0.3, -0.25) is 9.69 Å². The van der Waals surface area contributed by atoms with E-state index >= 15 is 0 Å². The van der Waals surface area contributed by atoms with E-state index in [0.717, 1.165) is 27.8 Å². The number of benzene rings is 2. The van der Waals surface area contributed by atoms with Gasteiger partial charge in [0.15, 0.2) is 0 Å². The van der Waals surface area contributed by atoms with Crippen molar-refractivity contribution in [3.8, 4) is 5.75 Å². The standard InChI is InChI=1S/C20H16ClNO4S2/c1-12(19(24)25)22-18(23)17(28-20(22)27)10-13-6-8-15(9-7-13)26-11-14-4-2-3-5-16(14)21/h2-10,12H,11H2,1H3,(H,24,25)/b17-10-. The number of thiocarbonyl (C=S) groups is 1. The number of thioether (sulfide) groups is 1. The first-order valence-electron chi connectivity index (χ1n) is 8.33. The lowest BCUT2D eigenvalue weighted by molar-refractivity contribution is -0.144. The van der Waals surface area contributed by atoms with E-state index in [1.165, 1.54) is 6.92 Å². The van der Waals surface area contributed by atoms with Crippen LogP contribution in [0.15, 0.2) is 53.4 Å². The topological polar surface area (TPSA) is 66.8 Å². The lowest BCUT2D eigenvalue weighted by atomic mass is 10.2. The smallest absolute Gasteiger partial charge is 0.326 e. The zero-order valence-corrected chi connectivity index (χ0v) is 17.2. The number of carboxylic acid groups (broad SMARTS) is 1. The van der Waals surface area contributed by atoms with E-state index in [0.29, 0.717) is 22.3 Å². The molecule has 1 unspecified atom stereocenters. The Hall–Kier alpha value is -2.35. The maximum atomic E-state index is 12.5. The molecule has 2 aromatic carbocycles. The molecule has 3 rings (SSSR count). The van der Waals surface area contributed by atoms with Gasteiger partial charge in [0, 0.05) is 10.6 Å². The average Bonchev–Trinajstić information content (AvgIpc) is 2.95. The third kappa shape index (κ3) is 4.55. The van der Waals surface area contributed by atoms with Crippen molar-refractivity contribution < 1.29 is 19.4 Å². The second-order valence-corrected chi connectivity index (χ2v) is 8.10. The van der Waals surface area contributed by atoms with Gasteiger partial charge in [-0.25, -0.2) is 4.79 Å². The highest BCUT2D eigenvalue weighted by Crippen LogP contribution is 2.34. The van der Waals surface area contributed by atoms with Crippen LogP contribution in [0.2, 0.25) is 5.02 Å². The Bertz CT molecular complexity index is 959. The Kier molecular flexibility index (Phi) is 6.39. The summed E-state index contributed by atoms with van der Waals surface area (Å²) in [4.78, 5) is 25.1. The van der Waals surface area contributed by atoms with Crippen molar-refractivity contribution in [2.75, 3.05) is 0 Å². The molecule has 5 nitrogen and oxygen atoms in total. The van der Waals surface area contributed by atoms with Crippen molar-refractivity contribution in [1.29, 1.82) is 0 Å². The summed E-state index contributed by atoms with van der Waals surface area (Å²) >= 11 is 12.4. The third-order valence-electron chi connectivity index (χ3n) is 4.10. The van der Waals surface area contributed by atoms with Gasteiger partial charge in [0.2, 0.25) is 0 Å². The van der Waals surface area contributed by atoms with Crippen LogP contribution in [-0.4, -0.2) is 32.2 Å². The lowest BCUT2D eigenvalue weighted by Gasteiger charge is -2.18. The Balaban J connectivity index is 1.68. The van der Waals surface area contributed by atoms with Gasteiger partial charge in [0.25, 0.3) is 5.91 Å². The van der Waals surface area contributed by atoms with E-state index in [1.807, 2.05) is 36.4 Å². The molecule has 28 heavy (non-hydrogen) atoms. The number of nitrogens with zero attached hydrogens (tertiary/aromatic N) is 1. The van der Waals surface area contributed by atoms with Crippen LogP contribution in [0.5, 0.6) is 5.75 Å². The zero-order chi connectivity index (χ0) is 20.3. The fraction of sp³-hybridized carbons (Fsp3) is 0.150. The fourth-order valence-electron chi connectivity index (χ4n) is 2.51. The highest BCUT2D eigenvalue weighted by Gasteiger charge is 2.38. The minimum Gasteiger partial charge on any atom is -0.489 e. The number of carboxylic acids is 1. The minimum absolute atomic E-state index is 0.242. The van der Waals surface area contributed by atoms with Crippen molar-refractivity contribution in [3.63, 3.8) is 0 Å². The molecule has 0 radical (unpaired) electrons. The predicted molar refractivity (Wildman–Crippen MR) is 114 cm³/mol. The van der Waals surface area contributed by atoms with Crippen molar-refractivity contribution >= 4 is 57.9 Å². The largest absolute Gasteiger partial charge is 0.489 e. The van der Waals surface area contributed by atoms with E-state index in [2.05, 4.69) is 0 Å². The van der Waals surface area contributed by atoms with Gasteiger partial charge in [-0.1, -0.05) is 65.9 Å². The van der Waals surface area contributed by atoms with Gasteiger partial charge in [-0.15, -0.1) is 0 Å². The molecule has 1 atom stereocenters. The van der Waals surface area contributed by atoms with Crippen LogP contribution < -0.4 is 4.74 Å². The Morgan fingerprint density at radius 3 is 2.61 bits per heavy atom. The van der Waals surface area contributed by atoms with E-state index in [1.54, 1.807) is 18.2 Å². The van der Waals surface area contributed by atoms with Gasteiger partial charge >= 0.3 is 5.97 Å². The van der Waals surface area contributed by atoms with E-state index in [4.69, 9.17) is 33.7 Å². The van der Waals surface area contributed by atoms with Crippen LogP contribution in [0.1, 0.15) is 18.1 Å². The van der Waals surface area contributed by atoms with Crippen LogP contribution in [0, 0.1) is 0 Å². The molecule has 1 saturated heterocycles. The van der Waals surface area contributed by atoms with Crippen molar-refractivity contribution in [3.05, 3.63) is 69.6 Å². The number of amides is 1. The first-order valence-corrected chi connectivity index (χ1v) is 9.93. The number of carbonyl (C=O) groups excluding carboxylic acids is 1. The molecule has 1 aliphatic rings. The van der Waals surface area contributed by atoms with E-state index in [-0.39, 0.29) is 4.32 Å². The Labute approximate surface area is 176 Å². The molecule has 144 valence electrons. The molecule has 1 aliphatic heterocycles. The maximum Gasteiger partial charge on any atom is 0.326 e. The van der Waals surface area contributed by atoms with Crippen LogP contribution >= 0.6 is 35.6 Å². The highest BCUT2D eigenvalue weighted by atomic mass is 35.5. The van der Waals surface area contributed by atoms with Gasteiger partial charge in [-0.05, 0) is 36.8 Å². The SMILES string of the molecule is CC(C(=O)O)N1C(=O)/C(=C/c2ccc(OCc3ccccc3Cl)cc2)SC1=S. The third-order valence-corrected chi connectivity index (χ3v) is 5.80. The summed E-state index contributed by atoms with van der Waals surface area (Å²) in [6.45, 7) is 1.78. The molecule has 0 saturated carbocycles.